The van der Waals surface area contributed by atoms with Gasteiger partial charge in [-0.25, -0.2) is 0 Å². The molecule has 0 fully saturated rings. The summed E-state index contributed by atoms with van der Waals surface area (Å²) in [5, 5.41) is 0. The molecule has 0 saturated heterocycles. The smallest absolute Gasteiger partial charge is 0.0944 e. The van der Waals surface area contributed by atoms with Crippen molar-refractivity contribution in [1.29, 1.82) is 0 Å². The number of aromatic nitrogens is 1. The van der Waals surface area contributed by atoms with E-state index in [-0.39, 0.29) is 0 Å². The van der Waals surface area contributed by atoms with Gasteiger partial charge in [-0.1, -0.05) is 18.3 Å². The van der Waals surface area contributed by atoms with Gasteiger partial charge in [0.15, 0.2) is 0 Å². The van der Waals surface area contributed by atoms with E-state index in [4.69, 9.17) is 12.2 Å². The molecule has 2 rings (SSSR count). The molecular weight excluding hydrogens is 222 g/mol. The molecule has 0 aromatic carbocycles. The molecule has 1 N–H and O–H groups in total. The van der Waals surface area contributed by atoms with Crippen LogP contribution in [0, 0.1) is 0 Å². The molecule has 1 nitrogen and oxygen atoms in total. The Kier molecular flexibility index (Phi) is 3.65. The van der Waals surface area contributed by atoms with Crippen LogP contribution in [0.2, 0.25) is 0 Å². The zero-order chi connectivity index (χ0) is 10.7. The number of hydrogen-bond donors (Lipinski definition) is 1. The summed E-state index contributed by atoms with van der Waals surface area (Å²) < 4.78 is 0.962. The molecule has 3 heteroatoms. The van der Waals surface area contributed by atoms with E-state index in [9.17, 15) is 0 Å². The first-order valence-electron chi connectivity index (χ1n) is 5.30. The van der Waals surface area contributed by atoms with Crippen molar-refractivity contribution in [1.82, 2.24) is 4.98 Å². The number of nitrogens with one attached hydrogen (secondary N) is 1. The summed E-state index contributed by atoms with van der Waals surface area (Å²) in [4.78, 5) is 3.45. The molecular formula is C12H15NS2. The third-order valence-electron chi connectivity index (χ3n) is 2.67. The van der Waals surface area contributed by atoms with Crippen LogP contribution < -0.4 is 0 Å². The average molecular weight is 237 g/mol. The van der Waals surface area contributed by atoms with Crippen molar-refractivity contribution in [3.63, 3.8) is 0 Å². The maximum atomic E-state index is 5.36. The maximum absolute atomic E-state index is 5.36. The predicted molar refractivity (Wildman–Crippen MR) is 71.8 cm³/mol. The Morgan fingerprint density at radius 1 is 1.53 bits per heavy atom. The average Bonchev–Trinajstić information content (AvgIpc) is 2.69. The summed E-state index contributed by atoms with van der Waals surface area (Å²) in [7, 11) is 0. The molecule has 1 aliphatic carbocycles. The van der Waals surface area contributed by atoms with Gasteiger partial charge in [-0.2, -0.15) is 0 Å². The topological polar surface area (TPSA) is 15.8 Å². The van der Waals surface area contributed by atoms with E-state index in [2.05, 4.69) is 17.6 Å². The molecule has 0 amide bonds. The first-order chi connectivity index (χ1) is 7.31. The lowest BCUT2D eigenvalue weighted by Crippen LogP contribution is -1.99. The second-order valence-corrected chi connectivity index (χ2v) is 5.48. The van der Waals surface area contributed by atoms with Gasteiger partial charge in [-0.05, 0) is 37.3 Å². The number of rotatable bonds is 3. The fourth-order valence-corrected chi connectivity index (χ4v) is 2.77. The zero-order valence-electron chi connectivity index (χ0n) is 8.71. The SMILES string of the molecule is C=CCSC(=S)c1cc2c([nH]1)CCCC2. The van der Waals surface area contributed by atoms with Gasteiger partial charge in [0.1, 0.15) is 0 Å². The normalized spacial score (nSPS) is 14.7. The lowest BCUT2D eigenvalue weighted by molar-refractivity contribution is 0.677. The monoisotopic (exact) mass is 237 g/mol. The molecule has 0 radical (unpaired) electrons. The Bertz CT molecular complexity index is 355. The van der Waals surface area contributed by atoms with Crippen molar-refractivity contribution in [3.05, 3.63) is 35.7 Å². The number of fused-ring (bicyclic) bond motifs is 1. The Labute approximate surface area is 100 Å². The van der Waals surface area contributed by atoms with Crippen molar-refractivity contribution in [2.75, 3.05) is 5.75 Å². The van der Waals surface area contributed by atoms with Crippen LogP contribution in [0.15, 0.2) is 18.7 Å². The predicted octanol–water partition coefficient (Wildman–Crippen LogP) is 3.49. The molecule has 0 atom stereocenters. The third kappa shape index (κ3) is 2.52. The Hall–Kier alpha value is -0.540. The second kappa shape index (κ2) is 4.99. The van der Waals surface area contributed by atoms with E-state index in [0.29, 0.717) is 0 Å². The Balaban J connectivity index is 2.11. The number of aromatic amines is 1. The van der Waals surface area contributed by atoms with Crippen molar-refractivity contribution < 1.29 is 0 Å². The molecule has 15 heavy (non-hydrogen) atoms. The second-order valence-electron chi connectivity index (χ2n) is 3.78. The summed E-state index contributed by atoms with van der Waals surface area (Å²) in [6.07, 6.45) is 6.90. The van der Waals surface area contributed by atoms with E-state index in [1.807, 2.05) is 6.08 Å². The van der Waals surface area contributed by atoms with E-state index in [0.717, 1.165) is 15.6 Å². The standard InChI is InChI=1S/C12H15NS2/c1-2-7-15-12(14)11-8-9-5-3-4-6-10(9)13-11/h2,8,13H,1,3-7H2. The Morgan fingerprint density at radius 3 is 3.07 bits per heavy atom. The number of hydrogen-bond acceptors (Lipinski definition) is 2. The molecule has 0 bridgehead atoms. The molecule has 0 aliphatic heterocycles. The molecule has 1 aliphatic rings. The number of thioether (sulfide) groups is 1. The van der Waals surface area contributed by atoms with E-state index in [1.165, 1.54) is 36.9 Å². The van der Waals surface area contributed by atoms with Crippen molar-refractivity contribution in [2.45, 2.75) is 25.7 Å². The highest BCUT2D eigenvalue weighted by Crippen LogP contribution is 2.24. The van der Waals surface area contributed by atoms with Gasteiger partial charge < -0.3 is 4.98 Å². The molecule has 0 unspecified atom stereocenters. The van der Waals surface area contributed by atoms with E-state index in [1.54, 1.807) is 11.8 Å². The van der Waals surface area contributed by atoms with Crippen LogP contribution in [0.25, 0.3) is 0 Å². The highest BCUT2D eigenvalue weighted by atomic mass is 32.2. The number of aryl methyl sites for hydroxylation is 2. The van der Waals surface area contributed by atoms with Gasteiger partial charge in [0, 0.05) is 11.4 Å². The molecule has 0 spiro atoms. The van der Waals surface area contributed by atoms with Gasteiger partial charge in [0.2, 0.25) is 0 Å². The van der Waals surface area contributed by atoms with Gasteiger partial charge in [-0.3, -0.25) is 0 Å². The van der Waals surface area contributed by atoms with Crippen LogP contribution in [-0.4, -0.2) is 14.9 Å². The summed E-state index contributed by atoms with van der Waals surface area (Å²) in [5.41, 5.74) is 4.00. The van der Waals surface area contributed by atoms with Crippen molar-refractivity contribution in [3.8, 4) is 0 Å². The first-order valence-corrected chi connectivity index (χ1v) is 6.69. The molecule has 1 heterocycles. The summed E-state index contributed by atoms with van der Waals surface area (Å²) in [6.45, 7) is 3.70. The highest BCUT2D eigenvalue weighted by Gasteiger charge is 2.14. The highest BCUT2D eigenvalue weighted by molar-refractivity contribution is 8.23. The van der Waals surface area contributed by atoms with Crippen molar-refractivity contribution >= 4 is 28.2 Å². The lowest BCUT2D eigenvalue weighted by Gasteiger charge is -2.08. The summed E-state index contributed by atoms with van der Waals surface area (Å²) in [5.74, 6) is 0.891. The minimum atomic E-state index is 0.891. The fraction of sp³-hybridized carbons (Fsp3) is 0.417. The van der Waals surface area contributed by atoms with Crippen LogP contribution in [-0.2, 0) is 12.8 Å². The maximum Gasteiger partial charge on any atom is 0.0944 e. The van der Waals surface area contributed by atoms with Crippen LogP contribution in [0.5, 0.6) is 0 Å². The number of thiocarbonyl (C=S) groups is 1. The Morgan fingerprint density at radius 2 is 2.33 bits per heavy atom. The zero-order valence-corrected chi connectivity index (χ0v) is 10.3. The summed E-state index contributed by atoms with van der Waals surface area (Å²) in [6, 6.07) is 2.23. The minimum Gasteiger partial charge on any atom is -0.357 e. The van der Waals surface area contributed by atoms with Gasteiger partial charge in [-0.15, -0.1) is 18.3 Å². The third-order valence-corrected chi connectivity index (χ3v) is 4.12. The van der Waals surface area contributed by atoms with Crippen LogP contribution in [0.3, 0.4) is 0 Å². The quantitative estimate of drug-likeness (QED) is 0.640. The minimum absolute atomic E-state index is 0.891. The largest absolute Gasteiger partial charge is 0.357 e. The van der Waals surface area contributed by atoms with Crippen LogP contribution >= 0.6 is 24.0 Å². The van der Waals surface area contributed by atoms with Gasteiger partial charge >= 0.3 is 0 Å². The summed E-state index contributed by atoms with van der Waals surface area (Å²) >= 11 is 7.03. The first kappa shape index (κ1) is 11.0. The number of H-pyrrole nitrogens is 1. The lowest BCUT2D eigenvalue weighted by atomic mass is 9.98. The van der Waals surface area contributed by atoms with E-state index < -0.39 is 0 Å². The van der Waals surface area contributed by atoms with Crippen LogP contribution in [0.1, 0.15) is 29.8 Å². The van der Waals surface area contributed by atoms with Crippen molar-refractivity contribution in [2.24, 2.45) is 0 Å². The molecule has 1 aromatic heterocycles. The molecule has 1 aromatic rings. The van der Waals surface area contributed by atoms with E-state index >= 15 is 0 Å². The van der Waals surface area contributed by atoms with Gasteiger partial charge in [0.05, 0.1) is 9.89 Å². The van der Waals surface area contributed by atoms with Gasteiger partial charge in [0.25, 0.3) is 0 Å². The fourth-order valence-electron chi connectivity index (χ4n) is 1.93. The molecule has 0 saturated carbocycles. The van der Waals surface area contributed by atoms with Crippen LogP contribution in [0.4, 0.5) is 0 Å². The molecule has 80 valence electrons.